The van der Waals surface area contributed by atoms with Crippen LogP contribution in [0.5, 0.6) is 0 Å². The lowest BCUT2D eigenvalue weighted by molar-refractivity contribution is -0.121. The molecule has 0 aliphatic heterocycles. The topological polar surface area (TPSA) is 59.1 Å². The number of amides is 1. The first-order valence-electron chi connectivity index (χ1n) is 6.85. The lowest BCUT2D eigenvalue weighted by atomic mass is 10.1. The highest BCUT2D eigenvalue weighted by Crippen LogP contribution is 2.17. The Hall–Kier alpha value is -2.01. The van der Waals surface area contributed by atoms with Crippen LogP contribution in [0.4, 0.5) is 0 Å². The molecular weight excluding hydrogens is 284 g/mol. The highest BCUT2D eigenvalue weighted by atomic mass is 32.1. The zero-order valence-electron chi connectivity index (χ0n) is 12.1. The molecule has 0 saturated carbocycles. The molecule has 2 rings (SSSR count). The van der Waals surface area contributed by atoms with Crippen LogP contribution >= 0.6 is 11.3 Å². The minimum Gasteiger partial charge on any atom is -0.350 e. The molecule has 2 aromatic rings. The minimum absolute atomic E-state index is 0.0276. The number of aryl methyl sites for hydroxylation is 1. The van der Waals surface area contributed by atoms with E-state index in [0.29, 0.717) is 0 Å². The largest absolute Gasteiger partial charge is 0.350 e. The fraction of sp³-hybridized carbons (Fsp3) is 0.312. The Labute approximate surface area is 128 Å². The van der Waals surface area contributed by atoms with Crippen LogP contribution in [0, 0.1) is 6.92 Å². The number of aromatic nitrogens is 1. The van der Waals surface area contributed by atoms with E-state index >= 15 is 0 Å². The van der Waals surface area contributed by atoms with Gasteiger partial charge in [-0.05, 0) is 43.7 Å². The fourth-order valence-corrected chi connectivity index (χ4v) is 2.82. The highest BCUT2D eigenvalue weighted by molar-refractivity contribution is 7.14. The third kappa shape index (κ3) is 4.49. The number of thiophene rings is 1. The van der Waals surface area contributed by atoms with Crippen LogP contribution in [0.3, 0.4) is 0 Å². The molecule has 21 heavy (non-hydrogen) atoms. The second-order valence-corrected chi connectivity index (χ2v) is 6.19. The van der Waals surface area contributed by atoms with Gasteiger partial charge in [-0.1, -0.05) is 0 Å². The second-order valence-electron chi connectivity index (χ2n) is 4.90. The van der Waals surface area contributed by atoms with Crippen LogP contribution in [0.25, 0.3) is 0 Å². The number of Topliss-reactive ketones (excluding diaryl/α,β-unsaturated/α-hetero) is 1. The Balaban J connectivity index is 1.81. The smallest absolute Gasteiger partial charge is 0.220 e. The summed E-state index contributed by atoms with van der Waals surface area (Å²) in [5, 5.41) is 2.89. The van der Waals surface area contributed by atoms with Crippen LogP contribution < -0.4 is 5.32 Å². The number of hydrogen-bond donors (Lipinski definition) is 1. The van der Waals surface area contributed by atoms with Gasteiger partial charge >= 0.3 is 0 Å². The van der Waals surface area contributed by atoms with Gasteiger partial charge in [-0.3, -0.25) is 14.6 Å². The Kier molecular flexibility index (Phi) is 5.22. The summed E-state index contributed by atoms with van der Waals surface area (Å²) >= 11 is 1.47. The molecule has 0 fully saturated rings. The number of nitrogens with zero attached hydrogens (tertiary/aromatic N) is 1. The van der Waals surface area contributed by atoms with Gasteiger partial charge in [-0.2, -0.15) is 0 Å². The molecular formula is C16H18N2O2S. The van der Waals surface area contributed by atoms with E-state index in [4.69, 9.17) is 0 Å². The van der Waals surface area contributed by atoms with E-state index in [1.54, 1.807) is 12.4 Å². The molecule has 0 aliphatic carbocycles. The van der Waals surface area contributed by atoms with Crippen LogP contribution in [0.2, 0.25) is 0 Å². The minimum atomic E-state index is -0.110. The highest BCUT2D eigenvalue weighted by Gasteiger charge is 2.13. The Morgan fingerprint density at radius 1 is 1.19 bits per heavy atom. The molecule has 0 bridgehead atoms. The number of carbonyl (C=O) groups excluding carboxylic acids is 2. The third-order valence-corrected chi connectivity index (χ3v) is 4.22. The van der Waals surface area contributed by atoms with Crippen molar-refractivity contribution in [3.8, 4) is 0 Å². The van der Waals surface area contributed by atoms with Gasteiger partial charge in [0.15, 0.2) is 5.78 Å². The van der Waals surface area contributed by atoms with E-state index in [1.807, 2.05) is 38.1 Å². The van der Waals surface area contributed by atoms with Gasteiger partial charge in [0.1, 0.15) is 0 Å². The van der Waals surface area contributed by atoms with Crippen LogP contribution in [0.15, 0.2) is 36.7 Å². The first kappa shape index (κ1) is 15.4. The Morgan fingerprint density at radius 2 is 1.90 bits per heavy atom. The summed E-state index contributed by atoms with van der Waals surface area (Å²) < 4.78 is 0. The van der Waals surface area contributed by atoms with E-state index in [1.165, 1.54) is 11.3 Å². The number of nitrogens with one attached hydrogen (secondary N) is 1. The zero-order chi connectivity index (χ0) is 15.2. The van der Waals surface area contributed by atoms with Crippen LogP contribution in [-0.4, -0.2) is 16.7 Å². The fourth-order valence-electron chi connectivity index (χ4n) is 1.98. The lowest BCUT2D eigenvalue weighted by Gasteiger charge is -2.13. The van der Waals surface area contributed by atoms with E-state index in [0.717, 1.165) is 15.3 Å². The molecule has 5 heteroatoms. The van der Waals surface area contributed by atoms with E-state index in [9.17, 15) is 9.59 Å². The molecule has 0 aromatic carbocycles. The molecule has 0 radical (unpaired) electrons. The molecule has 1 atom stereocenters. The molecule has 0 spiro atoms. The van der Waals surface area contributed by atoms with Crippen molar-refractivity contribution in [3.63, 3.8) is 0 Å². The summed E-state index contributed by atoms with van der Waals surface area (Å²) in [5.41, 5.74) is 0.999. The average Bonchev–Trinajstić information content (AvgIpc) is 2.92. The number of hydrogen-bond acceptors (Lipinski definition) is 4. The van der Waals surface area contributed by atoms with Gasteiger partial charge < -0.3 is 5.32 Å². The first-order valence-corrected chi connectivity index (χ1v) is 7.67. The van der Waals surface area contributed by atoms with Crippen molar-refractivity contribution in [3.05, 3.63) is 52.0 Å². The van der Waals surface area contributed by atoms with Crippen molar-refractivity contribution in [1.29, 1.82) is 0 Å². The van der Waals surface area contributed by atoms with Crippen molar-refractivity contribution < 1.29 is 9.59 Å². The van der Waals surface area contributed by atoms with Gasteiger partial charge in [0, 0.05) is 30.1 Å². The number of ketones is 1. The maximum atomic E-state index is 11.9. The van der Waals surface area contributed by atoms with Gasteiger partial charge in [0.25, 0.3) is 0 Å². The third-order valence-electron chi connectivity index (χ3n) is 3.18. The summed E-state index contributed by atoms with van der Waals surface area (Å²) in [6, 6.07) is 7.39. The van der Waals surface area contributed by atoms with Crippen molar-refractivity contribution in [1.82, 2.24) is 10.3 Å². The molecule has 1 N–H and O–H groups in total. The number of pyridine rings is 1. The maximum absolute atomic E-state index is 11.9. The molecule has 0 unspecified atom stereocenters. The Morgan fingerprint density at radius 3 is 2.52 bits per heavy atom. The second kappa shape index (κ2) is 7.13. The molecule has 2 heterocycles. The summed E-state index contributed by atoms with van der Waals surface area (Å²) in [4.78, 5) is 29.6. The maximum Gasteiger partial charge on any atom is 0.220 e. The molecule has 110 valence electrons. The molecule has 4 nitrogen and oxygen atoms in total. The average molecular weight is 302 g/mol. The van der Waals surface area contributed by atoms with Gasteiger partial charge in [-0.25, -0.2) is 0 Å². The standard InChI is InChI=1S/C16H18N2O2S/c1-11-3-5-15(21-11)14(19)4-6-16(20)18-12(2)13-7-9-17-10-8-13/h3,5,7-10,12H,4,6H2,1-2H3,(H,18,20)/t12-/m1/s1. The monoisotopic (exact) mass is 302 g/mol. The van der Waals surface area contributed by atoms with Gasteiger partial charge in [0.2, 0.25) is 5.91 Å². The van der Waals surface area contributed by atoms with E-state index in [-0.39, 0.29) is 30.6 Å². The van der Waals surface area contributed by atoms with Crippen LogP contribution in [-0.2, 0) is 4.79 Å². The van der Waals surface area contributed by atoms with E-state index < -0.39 is 0 Å². The summed E-state index contributed by atoms with van der Waals surface area (Å²) in [5.74, 6) is -0.0826. The summed E-state index contributed by atoms with van der Waals surface area (Å²) in [6.07, 6.45) is 3.85. The lowest BCUT2D eigenvalue weighted by Crippen LogP contribution is -2.26. The first-order chi connectivity index (χ1) is 10.1. The molecule has 1 amide bonds. The van der Waals surface area contributed by atoms with Crippen molar-refractivity contribution in [2.24, 2.45) is 0 Å². The van der Waals surface area contributed by atoms with Crippen molar-refractivity contribution in [2.45, 2.75) is 32.7 Å². The predicted molar refractivity (Wildman–Crippen MR) is 83.4 cm³/mol. The van der Waals surface area contributed by atoms with Crippen molar-refractivity contribution >= 4 is 23.0 Å². The summed E-state index contributed by atoms with van der Waals surface area (Å²) in [6.45, 7) is 3.88. The van der Waals surface area contributed by atoms with Gasteiger partial charge in [-0.15, -0.1) is 11.3 Å². The number of carbonyl (C=O) groups is 2. The van der Waals surface area contributed by atoms with Crippen LogP contribution in [0.1, 0.15) is 45.9 Å². The normalized spacial score (nSPS) is 11.9. The quantitative estimate of drug-likeness (QED) is 0.833. The predicted octanol–water partition coefficient (Wildman–Crippen LogP) is 3.29. The Bertz CT molecular complexity index is 622. The molecule has 0 saturated heterocycles. The SMILES string of the molecule is Cc1ccc(C(=O)CCC(=O)N[C@H](C)c2ccncc2)s1. The van der Waals surface area contributed by atoms with Crippen molar-refractivity contribution in [2.75, 3.05) is 0 Å². The molecule has 2 aromatic heterocycles. The van der Waals surface area contributed by atoms with E-state index in [2.05, 4.69) is 10.3 Å². The van der Waals surface area contributed by atoms with Gasteiger partial charge in [0.05, 0.1) is 10.9 Å². The zero-order valence-corrected chi connectivity index (χ0v) is 12.9. The number of rotatable bonds is 6. The summed E-state index contributed by atoms with van der Waals surface area (Å²) in [7, 11) is 0. The molecule has 0 aliphatic rings.